The number of anilines is 2. The van der Waals surface area contributed by atoms with Gasteiger partial charge < -0.3 is 20.7 Å². The second kappa shape index (κ2) is 7.12. The van der Waals surface area contributed by atoms with E-state index in [0.717, 1.165) is 6.54 Å². The zero-order valence-electron chi connectivity index (χ0n) is 15.2. The number of aromatic nitrogens is 4. The van der Waals surface area contributed by atoms with Gasteiger partial charge in [0.15, 0.2) is 5.65 Å². The van der Waals surface area contributed by atoms with Crippen molar-refractivity contribution in [3.05, 3.63) is 24.0 Å². The number of nitrogens with zero attached hydrogens (tertiary/aromatic N) is 5. The maximum absolute atomic E-state index is 14.6. The topological polar surface area (TPSA) is 94.1 Å². The van der Waals surface area contributed by atoms with E-state index in [1.165, 1.54) is 17.9 Å². The highest BCUT2D eigenvalue weighted by molar-refractivity contribution is 5.99. The average Bonchev–Trinajstić information content (AvgIpc) is 2.88. The number of nitrogens with two attached hydrogens (primary N) is 1. The maximum atomic E-state index is 14.6. The van der Waals surface area contributed by atoms with Crippen LogP contribution in [0.3, 0.4) is 0 Å². The van der Waals surface area contributed by atoms with Crippen molar-refractivity contribution in [1.82, 2.24) is 24.6 Å². The fraction of sp³-hybridized carbons (Fsp3) is 0.353. The predicted octanol–water partition coefficient (Wildman–Crippen LogP) is 1.73. The highest BCUT2D eigenvalue weighted by Crippen LogP contribution is 2.33. The maximum Gasteiger partial charge on any atom is 0.225 e. The Morgan fingerprint density at radius 2 is 2.08 bits per heavy atom. The lowest BCUT2D eigenvalue weighted by Gasteiger charge is -2.12. The Kier molecular flexibility index (Phi) is 4.90. The van der Waals surface area contributed by atoms with Crippen molar-refractivity contribution in [1.29, 1.82) is 0 Å². The lowest BCUT2D eigenvalue weighted by molar-refractivity contribution is 0.411. The molecule has 138 valence electrons. The summed E-state index contributed by atoms with van der Waals surface area (Å²) in [5.41, 5.74) is 7.24. The third-order valence-electron chi connectivity index (χ3n) is 4.01. The van der Waals surface area contributed by atoms with E-state index < -0.39 is 5.82 Å². The van der Waals surface area contributed by atoms with Crippen molar-refractivity contribution in [3.8, 4) is 17.0 Å². The van der Waals surface area contributed by atoms with E-state index in [9.17, 15) is 4.39 Å². The molecule has 3 N–H and O–H groups in total. The van der Waals surface area contributed by atoms with Crippen LogP contribution in [0.1, 0.15) is 0 Å². The molecule has 0 spiro atoms. The van der Waals surface area contributed by atoms with Crippen LogP contribution >= 0.6 is 0 Å². The zero-order valence-corrected chi connectivity index (χ0v) is 15.2. The average molecular weight is 359 g/mol. The lowest BCUT2D eigenvalue weighted by atomic mass is 10.1. The molecule has 0 aliphatic heterocycles. The Labute approximate surface area is 150 Å². The van der Waals surface area contributed by atoms with Gasteiger partial charge in [0, 0.05) is 31.8 Å². The van der Waals surface area contributed by atoms with Crippen LogP contribution in [0.4, 0.5) is 16.2 Å². The minimum absolute atomic E-state index is 0.313. The normalized spacial score (nSPS) is 11.3. The summed E-state index contributed by atoms with van der Waals surface area (Å²) in [5, 5.41) is 7.98. The summed E-state index contributed by atoms with van der Waals surface area (Å²) >= 11 is 0. The summed E-state index contributed by atoms with van der Waals surface area (Å²) < 4.78 is 21.2. The van der Waals surface area contributed by atoms with Crippen molar-refractivity contribution in [2.24, 2.45) is 7.05 Å². The first kappa shape index (κ1) is 17.9. The Morgan fingerprint density at radius 3 is 2.73 bits per heavy atom. The molecular formula is C17H22FN7O. The van der Waals surface area contributed by atoms with Crippen LogP contribution in [-0.2, 0) is 7.05 Å². The number of nitrogen functional groups attached to an aromatic ring is 1. The molecule has 0 aliphatic carbocycles. The second-order valence-corrected chi connectivity index (χ2v) is 6.18. The summed E-state index contributed by atoms with van der Waals surface area (Å²) in [6, 6.07) is 4.61. The number of hydrogen-bond acceptors (Lipinski definition) is 7. The molecule has 0 bridgehead atoms. The molecule has 26 heavy (non-hydrogen) atoms. The van der Waals surface area contributed by atoms with E-state index in [2.05, 4.69) is 20.4 Å². The van der Waals surface area contributed by atoms with E-state index in [4.69, 9.17) is 10.5 Å². The predicted molar refractivity (Wildman–Crippen MR) is 99.7 cm³/mol. The van der Waals surface area contributed by atoms with Crippen LogP contribution in [0.5, 0.6) is 5.75 Å². The van der Waals surface area contributed by atoms with Gasteiger partial charge in [-0.3, -0.25) is 4.68 Å². The minimum atomic E-state index is -0.452. The van der Waals surface area contributed by atoms with Crippen LogP contribution in [-0.4, -0.2) is 58.9 Å². The number of rotatable bonds is 6. The van der Waals surface area contributed by atoms with Gasteiger partial charge in [-0.15, -0.1) is 0 Å². The smallest absolute Gasteiger partial charge is 0.225 e. The van der Waals surface area contributed by atoms with E-state index >= 15 is 0 Å². The summed E-state index contributed by atoms with van der Waals surface area (Å²) in [7, 11) is 7.15. The molecule has 3 aromatic rings. The van der Waals surface area contributed by atoms with Gasteiger partial charge in [0.2, 0.25) is 5.95 Å². The zero-order chi connectivity index (χ0) is 18.8. The molecule has 0 unspecified atom stereocenters. The summed E-state index contributed by atoms with van der Waals surface area (Å²) in [6.45, 7) is 1.45. The number of nitrogens with one attached hydrogen (secondary N) is 1. The Balaban J connectivity index is 2.12. The van der Waals surface area contributed by atoms with Gasteiger partial charge in [-0.2, -0.15) is 10.1 Å². The third-order valence-corrected chi connectivity index (χ3v) is 4.01. The van der Waals surface area contributed by atoms with Gasteiger partial charge >= 0.3 is 0 Å². The van der Waals surface area contributed by atoms with Gasteiger partial charge in [-0.1, -0.05) is 0 Å². The van der Waals surface area contributed by atoms with E-state index in [1.807, 2.05) is 19.0 Å². The largest absolute Gasteiger partial charge is 0.497 e. The number of likely N-dealkylation sites (N-methyl/N-ethyl adjacent to an activating group) is 1. The van der Waals surface area contributed by atoms with Crippen LogP contribution in [0.2, 0.25) is 0 Å². The highest BCUT2D eigenvalue weighted by Gasteiger charge is 2.19. The lowest BCUT2D eigenvalue weighted by Crippen LogP contribution is -2.21. The number of fused-ring (bicyclic) bond motifs is 1. The Hall–Kier alpha value is -2.94. The van der Waals surface area contributed by atoms with Crippen LogP contribution in [0, 0.1) is 5.82 Å². The molecule has 0 radical (unpaired) electrons. The molecule has 2 aromatic heterocycles. The van der Waals surface area contributed by atoms with Crippen LogP contribution in [0.15, 0.2) is 18.2 Å². The molecule has 0 saturated carbocycles. The number of ether oxygens (including phenoxy) is 1. The van der Waals surface area contributed by atoms with Crippen molar-refractivity contribution >= 4 is 22.8 Å². The quantitative estimate of drug-likeness (QED) is 0.692. The molecule has 0 amide bonds. The van der Waals surface area contributed by atoms with Gasteiger partial charge in [-0.05, 0) is 26.2 Å². The molecule has 3 rings (SSSR count). The van der Waals surface area contributed by atoms with E-state index in [-0.39, 0.29) is 0 Å². The summed E-state index contributed by atoms with van der Waals surface area (Å²) in [6.07, 6.45) is 0. The minimum Gasteiger partial charge on any atom is -0.497 e. The molecule has 0 fully saturated rings. The SMILES string of the molecule is COc1ccc(-c2nc(NCCN(C)C)nc3nn(C)c(N)c23)c(F)c1. The summed E-state index contributed by atoms with van der Waals surface area (Å²) in [5.74, 6) is 0.736. The first-order valence-corrected chi connectivity index (χ1v) is 8.13. The number of benzene rings is 1. The first-order chi connectivity index (χ1) is 12.4. The monoisotopic (exact) mass is 359 g/mol. The van der Waals surface area contributed by atoms with Gasteiger partial charge in [0.1, 0.15) is 17.4 Å². The number of methoxy groups -OCH3 is 1. The molecule has 2 heterocycles. The molecular weight excluding hydrogens is 337 g/mol. The highest BCUT2D eigenvalue weighted by atomic mass is 19.1. The second-order valence-electron chi connectivity index (χ2n) is 6.18. The fourth-order valence-corrected chi connectivity index (χ4v) is 2.60. The van der Waals surface area contributed by atoms with Gasteiger partial charge in [0.05, 0.1) is 18.2 Å². The van der Waals surface area contributed by atoms with Crippen molar-refractivity contribution in [2.45, 2.75) is 0 Å². The van der Waals surface area contributed by atoms with Gasteiger partial charge in [-0.25, -0.2) is 9.37 Å². The molecule has 0 aliphatic rings. The van der Waals surface area contributed by atoms with Crippen LogP contribution in [0.25, 0.3) is 22.3 Å². The molecule has 1 aromatic carbocycles. The molecule has 0 atom stereocenters. The Morgan fingerprint density at radius 1 is 1.31 bits per heavy atom. The van der Waals surface area contributed by atoms with Crippen molar-refractivity contribution < 1.29 is 9.13 Å². The third kappa shape index (κ3) is 3.38. The molecule has 0 saturated heterocycles. The number of halogens is 1. The van der Waals surface area contributed by atoms with Gasteiger partial charge in [0.25, 0.3) is 0 Å². The first-order valence-electron chi connectivity index (χ1n) is 8.13. The standard InChI is InChI=1S/C17H22FN7O/c1-24(2)8-7-20-17-21-14(11-6-5-10(26-4)9-12(11)18)13-15(19)25(3)23-16(13)22-17/h5-6,9H,7-8,19H2,1-4H3,(H,20,22,23). The van der Waals surface area contributed by atoms with E-state index in [0.29, 0.717) is 46.4 Å². The van der Waals surface area contributed by atoms with Crippen molar-refractivity contribution in [3.63, 3.8) is 0 Å². The van der Waals surface area contributed by atoms with E-state index in [1.54, 1.807) is 19.2 Å². The fourth-order valence-electron chi connectivity index (χ4n) is 2.60. The summed E-state index contributed by atoms with van der Waals surface area (Å²) in [4.78, 5) is 10.9. The number of hydrogen-bond donors (Lipinski definition) is 2. The van der Waals surface area contributed by atoms with Crippen molar-refractivity contribution in [2.75, 3.05) is 45.3 Å². The Bertz CT molecular complexity index is 938. The molecule has 8 nitrogen and oxygen atoms in total. The van der Waals surface area contributed by atoms with Crippen LogP contribution < -0.4 is 15.8 Å². The number of aryl methyl sites for hydroxylation is 1. The molecule has 9 heteroatoms.